The molecule has 2 amide bonds. The number of aryl methyl sites for hydroxylation is 1. The van der Waals surface area contributed by atoms with Gasteiger partial charge >= 0.3 is 6.09 Å². The number of benzene rings is 1. The van der Waals surface area contributed by atoms with Crippen LogP contribution >= 0.6 is 0 Å². The molecule has 0 aliphatic rings. The van der Waals surface area contributed by atoms with Crippen molar-refractivity contribution in [3.05, 3.63) is 59.4 Å². The Hall–Kier alpha value is -3.39. The van der Waals surface area contributed by atoms with Crippen LogP contribution in [-0.2, 0) is 16.1 Å². The van der Waals surface area contributed by atoms with Crippen molar-refractivity contribution in [3.63, 3.8) is 0 Å². The number of hydrogen-bond donors (Lipinski definition) is 4. The molecule has 2 heterocycles. The molecule has 8 nitrogen and oxygen atoms in total. The highest BCUT2D eigenvalue weighted by molar-refractivity contribution is 5.87. The number of amides is 2. The number of rotatable bonds is 6. The number of nitrogens with one attached hydrogen (secondary N) is 3. The van der Waals surface area contributed by atoms with Gasteiger partial charge in [0.05, 0.1) is 6.04 Å². The number of nitrogens with zero attached hydrogens (tertiary/aromatic N) is 1. The Bertz CT molecular complexity index is 1120. The molecule has 0 bridgehead atoms. The molecule has 5 N–H and O–H groups in total. The highest BCUT2D eigenvalue weighted by Crippen LogP contribution is 2.27. The number of hydrogen-bond acceptors (Lipinski definition) is 5. The van der Waals surface area contributed by atoms with Crippen LogP contribution in [0.1, 0.15) is 50.4 Å². The molecule has 2 aromatic heterocycles. The van der Waals surface area contributed by atoms with Gasteiger partial charge in [-0.2, -0.15) is 0 Å². The lowest BCUT2D eigenvalue weighted by atomic mass is 9.93. The second-order valence-corrected chi connectivity index (χ2v) is 8.89. The minimum atomic E-state index is -0.699. The molecule has 2 atom stereocenters. The van der Waals surface area contributed by atoms with Crippen molar-refractivity contribution in [2.75, 3.05) is 5.32 Å². The molecular weight excluding hydrogens is 406 g/mol. The summed E-state index contributed by atoms with van der Waals surface area (Å²) in [6, 6.07) is 10.7. The van der Waals surface area contributed by atoms with Crippen molar-refractivity contribution in [1.82, 2.24) is 15.3 Å². The Morgan fingerprint density at radius 3 is 2.59 bits per heavy atom. The number of carbonyl (C=O) groups is 2. The lowest BCUT2D eigenvalue weighted by molar-refractivity contribution is -0.122. The standard InChI is InChI=1S/C24H31N5O3/c1-14(18-13-26-19-9-7-6-8-17(18)19)21(25)22(30)27-12-16-10-11-20(28-15(16)2)29-23(31)32-24(3,4)5/h6-11,13-14,21,26H,12,25H2,1-5H3,(H,27,30)(H,28,29,31)/t14-,21?/m0/s1. The lowest BCUT2D eigenvalue weighted by Crippen LogP contribution is -2.43. The summed E-state index contributed by atoms with van der Waals surface area (Å²) in [5.74, 6) is -0.0135. The number of para-hydroxylation sites is 1. The molecule has 0 radical (unpaired) electrons. The normalized spacial score (nSPS) is 13.4. The number of nitrogens with two attached hydrogens (primary N) is 1. The van der Waals surface area contributed by atoms with E-state index in [0.29, 0.717) is 18.1 Å². The summed E-state index contributed by atoms with van der Waals surface area (Å²) >= 11 is 0. The minimum absolute atomic E-state index is 0.161. The summed E-state index contributed by atoms with van der Waals surface area (Å²) in [6.45, 7) is 9.43. The lowest BCUT2D eigenvalue weighted by Gasteiger charge is -2.20. The number of aromatic nitrogens is 2. The van der Waals surface area contributed by atoms with Gasteiger partial charge in [0.2, 0.25) is 5.91 Å². The molecule has 0 aliphatic carbocycles. The van der Waals surface area contributed by atoms with Gasteiger partial charge in [-0.25, -0.2) is 9.78 Å². The number of aromatic amines is 1. The number of fused-ring (bicyclic) bond motifs is 1. The van der Waals surface area contributed by atoms with E-state index in [4.69, 9.17) is 10.5 Å². The van der Waals surface area contributed by atoms with Gasteiger partial charge in [0.25, 0.3) is 0 Å². The molecule has 3 rings (SSSR count). The third-order valence-corrected chi connectivity index (χ3v) is 5.23. The van der Waals surface area contributed by atoms with Gasteiger partial charge in [-0.15, -0.1) is 0 Å². The molecular formula is C24H31N5O3. The molecule has 8 heteroatoms. The van der Waals surface area contributed by atoms with Crippen LogP contribution in [0.2, 0.25) is 0 Å². The molecule has 0 spiro atoms. The van der Waals surface area contributed by atoms with E-state index in [-0.39, 0.29) is 11.8 Å². The van der Waals surface area contributed by atoms with E-state index in [1.165, 1.54) is 0 Å². The first kappa shape index (κ1) is 23.3. The summed E-state index contributed by atoms with van der Waals surface area (Å²) < 4.78 is 5.23. The smallest absolute Gasteiger partial charge is 0.413 e. The van der Waals surface area contributed by atoms with Gasteiger partial charge in [-0.1, -0.05) is 31.2 Å². The molecule has 32 heavy (non-hydrogen) atoms. The predicted molar refractivity (Wildman–Crippen MR) is 125 cm³/mol. The van der Waals surface area contributed by atoms with Crippen LogP contribution in [0, 0.1) is 6.92 Å². The predicted octanol–water partition coefficient (Wildman–Crippen LogP) is 3.97. The van der Waals surface area contributed by atoms with Crippen molar-refractivity contribution in [2.45, 2.75) is 58.7 Å². The Labute approximate surface area is 187 Å². The summed E-state index contributed by atoms with van der Waals surface area (Å²) in [5.41, 5.74) is 9.24. The topological polar surface area (TPSA) is 122 Å². The van der Waals surface area contributed by atoms with Crippen molar-refractivity contribution in [3.8, 4) is 0 Å². The molecule has 3 aromatic rings. The zero-order chi connectivity index (χ0) is 23.5. The van der Waals surface area contributed by atoms with Crippen LogP contribution in [0.25, 0.3) is 10.9 Å². The van der Waals surface area contributed by atoms with Crippen molar-refractivity contribution < 1.29 is 14.3 Å². The first-order valence-electron chi connectivity index (χ1n) is 10.6. The fourth-order valence-electron chi connectivity index (χ4n) is 3.45. The van der Waals surface area contributed by atoms with E-state index in [9.17, 15) is 9.59 Å². The summed E-state index contributed by atoms with van der Waals surface area (Å²) in [6.07, 6.45) is 1.34. The first-order valence-corrected chi connectivity index (χ1v) is 10.6. The van der Waals surface area contributed by atoms with E-state index < -0.39 is 17.7 Å². The van der Waals surface area contributed by atoms with Crippen molar-refractivity contribution in [1.29, 1.82) is 0 Å². The Balaban J connectivity index is 1.59. The Morgan fingerprint density at radius 1 is 1.19 bits per heavy atom. The average Bonchev–Trinajstić information content (AvgIpc) is 3.14. The maximum absolute atomic E-state index is 12.7. The van der Waals surface area contributed by atoms with Crippen molar-refractivity contribution >= 4 is 28.7 Å². The minimum Gasteiger partial charge on any atom is -0.444 e. The van der Waals surface area contributed by atoms with Gasteiger partial charge in [-0.05, 0) is 51.0 Å². The van der Waals surface area contributed by atoms with E-state index >= 15 is 0 Å². The van der Waals surface area contributed by atoms with Gasteiger partial charge < -0.3 is 20.8 Å². The number of H-pyrrole nitrogens is 1. The van der Waals surface area contributed by atoms with Gasteiger partial charge in [0, 0.05) is 35.3 Å². The van der Waals surface area contributed by atoms with Gasteiger partial charge in [0.1, 0.15) is 11.4 Å². The van der Waals surface area contributed by atoms with Crippen molar-refractivity contribution in [2.24, 2.45) is 5.73 Å². The monoisotopic (exact) mass is 437 g/mol. The SMILES string of the molecule is Cc1nc(NC(=O)OC(C)(C)C)ccc1CNC(=O)C(N)[C@@H](C)c1c[nH]c2ccccc12. The van der Waals surface area contributed by atoms with Crippen LogP contribution in [0.3, 0.4) is 0 Å². The molecule has 1 unspecified atom stereocenters. The fourth-order valence-corrected chi connectivity index (χ4v) is 3.45. The Morgan fingerprint density at radius 2 is 1.91 bits per heavy atom. The quantitative estimate of drug-likeness (QED) is 0.465. The molecule has 0 saturated heterocycles. The maximum Gasteiger partial charge on any atom is 0.413 e. The number of ether oxygens (including phenoxy) is 1. The van der Waals surface area contributed by atoms with Gasteiger partial charge in [0.15, 0.2) is 0 Å². The molecule has 0 saturated carbocycles. The Kier molecular flexibility index (Phi) is 6.84. The number of carbonyl (C=O) groups excluding carboxylic acids is 2. The highest BCUT2D eigenvalue weighted by atomic mass is 16.6. The van der Waals surface area contributed by atoms with Crippen LogP contribution < -0.4 is 16.4 Å². The zero-order valence-electron chi connectivity index (χ0n) is 19.2. The van der Waals surface area contributed by atoms with E-state index in [1.807, 2.05) is 50.4 Å². The van der Waals surface area contributed by atoms with E-state index in [2.05, 4.69) is 20.6 Å². The third kappa shape index (κ3) is 5.64. The third-order valence-electron chi connectivity index (χ3n) is 5.23. The van der Waals surface area contributed by atoms with Gasteiger partial charge in [-0.3, -0.25) is 10.1 Å². The molecule has 0 aliphatic heterocycles. The summed E-state index contributed by atoms with van der Waals surface area (Å²) in [5, 5.41) is 6.57. The van der Waals surface area contributed by atoms with Crippen LogP contribution in [-0.4, -0.2) is 33.6 Å². The highest BCUT2D eigenvalue weighted by Gasteiger charge is 2.24. The van der Waals surface area contributed by atoms with Crippen LogP contribution in [0.4, 0.5) is 10.6 Å². The average molecular weight is 438 g/mol. The largest absolute Gasteiger partial charge is 0.444 e. The molecule has 170 valence electrons. The number of anilines is 1. The maximum atomic E-state index is 12.7. The summed E-state index contributed by atoms with van der Waals surface area (Å²) in [7, 11) is 0. The number of pyridine rings is 1. The second-order valence-electron chi connectivity index (χ2n) is 8.89. The fraction of sp³-hybridized carbons (Fsp3) is 0.375. The van der Waals surface area contributed by atoms with E-state index in [1.54, 1.807) is 26.8 Å². The second kappa shape index (κ2) is 9.40. The van der Waals surface area contributed by atoms with E-state index in [0.717, 1.165) is 22.0 Å². The van der Waals surface area contributed by atoms with Crippen LogP contribution in [0.15, 0.2) is 42.6 Å². The first-order chi connectivity index (χ1) is 15.0. The molecule has 0 fully saturated rings. The molecule has 1 aromatic carbocycles. The zero-order valence-corrected chi connectivity index (χ0v) is 19.2. The summed E-state index contributed by atoms with van der Waals surface area (Å²) in [4.78, 5) is 32.2. The van der Waals surface area contributed by atoms with Crippen LogP contribution in [0.5, 0.6) is 0 Å².